The zero-order valence-corrected chi connectivity index (χ0v) is 12.2. The van der Waals surface area contributed by atoms with E-state index in [9.17, 15) is 0 Å². The highest BCUT2D eigenvalue weighted by Gasteiger charge is 2.51. The van der Waals surface area contributed by atoms with E-state index in [0.717, 1.165) is 43.0 Å². The number of aryl methyl sites for hydroxylation is 1. The summed E-state index contributed by atoms with van der Waals surface area (Å²) in [6.07, 6.45) is 14.8. The second kappa shape index (κ2) is 4.80. The summed E-state index contributed by atoms with van der Waals surface area (Å²) < 4.78 is 0. The quantitative estimate of drug-likeness (QED) is 0.916. The molecule has 0 aliphatic heterocycles. The molecule has 4 aliphatic carbocycles. The summed E-state index contributed by atoms with van der Waals surface area (Å²) in [4.78, 5) is 9.21. The van der Waals surface area contributed by atoms with Crippen molar-refractivity contribution in [3.63, 3.8) is 0 Å². The topological polar surface area (TPSA) is 51.8 Å². The third-order valence-electron chi connectivity index (χ3n) is 5.96. The molecular formula is C17H25N3. The molecule has 0 unspecified atom stereocenters. The predicted octanol–water partition coefficient (Wildman–Crippen LogP) is 2.84. The van der Waals surface area contributed by atoms with E-state index >= 15 is 0 Å². The predicted molar refractivity (Wildman–Crippen MR) is 79.3 cm³/mol. The van der Waals surface area contributed by atoms with Crippen molar-refractivity contribution in [3.05, 3.63) is 23.8 Å². The normalized spacial score (nSPS) is 38.4. The van der Waals surface area contributed by atoms with Crippen LogP contribution in [0.2, 0.25) is 0 Å². The highest BCUT2D eigenvalue weighted by atomic mass is 14.9. The molecule has 4 fully saturated rings. The number of nitrogens with zero attached hydrogens (tertiary/aromatic N) is 2. The second-order valence-electron chi connectivity index (χ2n) is 7.48. The van der Waals surface area contributed by atoms with Crippen LogP contribution in [0.4, 0.5) is 0 Å². The van der Waals surface area contributed by atoms with Crippen LogP contribution in [0.1, 0.15) is 56.3 Å². The van der Waals surface area contributed by atoms with Gasteiger partial charge in [-0.15, -0.1) is 0 Å². The Balaban J connectivity index is 1.57. The van der Waals surface area contributed by atoms with Gasteiger partial charge in [0.2, 0.25) is 0 Å². The number of aromatic nitrogens is 2. The third kappa shape index (κ3) is 2.07. The molecule has 0 radical (unpaired) electrons. The zero-order chi connectivity index (χ0) is 13.6. The molecule has 3 heteroatoms. The molecular weight excluding hydrogens is 246 g/mol. The molecule has 4 bridgehead atoms. The van der Waals surface area contributed by atoms with E-state index < -0.39 is 0 Å². The lowest BCUT2D eigenvalue weighted by atomic mass is 9.48. The number of nitrogens with two attached hydrogens (primary N) is 1. The molecule has 0 spiro atoms. The molecule has 2 N–H and O–H groups in total. The Labute approximate surface area is 121 Å². The lowest BCUT2D eigenvalue weighted by Gasteiger charge is -2.56. The lowest BCUT2D eigenvalue weighted by Crippen LogP contribution is -2.48. The molecule has 0 aromatic carbocycles. The van der Waals surface area contributed by atoms with Crippen molar-refractivity contribution in [1.82, 2.24) is 9.97 Å². The fraction of sp³-hybridized carbons (Fsp3) is 0.765. The Morgan fingerprint density at radius 3 is 2.05 bits per heavy atom. The smallest absolute Gasteiger partial charge is 0.128 e. The van der Waals surface area contributed by atoms with Crippen molar-refractivity contribution in [2.24, 2.45) is 23.5 Å². The van der Waals surface area contributed by atoms with Gasteiger partial charge in [0.1, 0.15) is 5.82 Å². The molecule has 3 nitrogen and oxygen atoms in total. The minimum absolute atomic E-state index is 0.432. The van der Waals surface area contributed by atoms with Crippen LogP contribution in [-0.2, 0) is 11.8 Å². The van der Waals surface area contributed by atoms with Gasteiger partial charge in [0.05, 0.1) is 0 Å². The first-order valence-corrected chi connectivity index (χ1v) is 8.29. The van der Waals surface area contributed by atoms with E-state index in [1.807, 2.05) is 0 Å². The number of hydrogen-bond donors (Lipinski definition) is 1. The first kappa shape index (κ1) is 12.8. The molecule has 108 valence electrons. The highest BCUT2D eigenvalue weighted by Crippen LogP contribution is 2.60. The Morgan fingerprint density at radius 2 is 1.55 bits per heavy atom. The van der Waals surface area contributed by atoms with Gasteiger partial charge in [-0.25, -0.2) is 9.97 Å². The van der Waals surface area contributed by atoms with Crippen LogP contribution in [0, 0.1) is 17.8 Å². The van der Waals surface area contributed by atoms with Crippen molar-refractivity contribution in [2.75, 3.05) is 6.54 Å². The van der Waals surface area contributed by atoms with Crippen LogP contribution in [-0.4, -0.2) is 16.5 Å². The van der Waals surface area contributed by atoms with E-state index in [2.05, 4.69) is 22.4 Å². The third-order valence-corrected chi connectivity index (χ3v) is 5.96. The largest absolute Gasteiger partial charge is 0.330 e. The molecule has 0 atom stereocenters. The van der Waals surface area contributed by atoms with Crippen LogP contribution < -0.4 is 5.73 Å². The maximum absolute atomic E-state index is 5.55. The Kier molecular flexibility index (Phi) is 3.06. The molecule has 1 aromatic heterocycles. The summed E-state index contributed by atoms with van der Waals surface area (Å²) in [5.74, 6) is 3.92. The van der Waals surface area contributed by atoms with Crippen LogP contribution >= 0.6 is 0 Å². The molecule has 4 saturated carbocycles. The minimum Gasteiger partial charge on any atom is -0.330 e. The van der Waals surface area contributed by atoms with Gasteiger partial charge in [0, 0.05) is 18.8 Å². The maximum atomic E-state index is 5.55. The summed E-state index contributed by atoms with van der Waals surface area (Å²) in [6.45, 7) is 0.722. The second-order valence-corrected chi connectivity index (χ2v) is 7.48. The summed E-state index contributed by atoms with van der Waals surface area (Å²) in [5.41, 5.74) is 7.41. The van der Waals surface area contributed by atoms with Crippen LogP contribution in [0.3, 0.4) is 0 Å². The molecule has 0 amide bonds. The van der Waals surface area contributed by atoms with Crippen LogP contribution in [0.25, 0.3) is 0 Å². The molecule has 4 aliphatic rings. The molecule has 1 aromatic rings. The summed E-state index contributed by atoms with van der Waals surface area (Å²) in [7, 11) is 0. The molecule has 20 heavy (non-hydrogen) atoms. The van der Waals surface area contributed by atoms with E-state index in [4.69, 9.17) is 5.73 Å². The van der Waals surface area contributed by atoms with E-state index in [1.54, 1.807) is 0 Å². The van der Waals surface area contributed by atoms with Crippen molar-refractivity contribution in [3.8, 4) is 0 Å². The fourth-order valence-corrected chi connectivity index (χ4v) is 5.48. The SMILES string of the molecule is NCCCc1ncc(C23CC4CC(CC(C4)C2)C3)cn1. The molecule has 1 heterocycles. The Bertz CT molecular complexity index is 444. The van der Waals surface area contributed by atoms with Crippen molar-refractivity contribution >= 4 is 0 Å². The standard InChI is InChI=1S/C17H25N3/c18-3-1-2-16-19-10-15(11-20-16)17-7-12-4-13(8-17)6-14(5-12)9-17/h10-14H,1-9,18H2. The first-order valence-electron chi connectivity index (χ1n) is 8.29. The van der Waals surface area contributed by atoms with Crippen molar-refractivity contribution in [2.45, 2.75) is 56.8 Å². The lowest BCUT2D eigenvalue weighted by molar-refractivity contribution is -0.00552. The Hall–Kier alpha value is -0.960. The summed E-state index contributed by atoms with van der Waals surface area (Å²) in [5, 5.41) is 0. The van der Waals surface area contributed by atoms with Gasteiger partial charge >= 0.3 is 0 Å². The van der Waals surface area contributed by atoms with E-state index in [0.29, 0.717) is 5.41 Å². The van der Waals surface area contributed by atoms with Crippen molar-refractivity contribution < 1.29 is 0 Å². The van der Waals surface area contributed by atoms with E-state index in [1.165, 1.54) is 44.1 Å². The maximum Gasteiger partial charge on any atom is 0.128 e. The monoisotopic (exact) mass is 271 g/mol. The molecule has 0 saturated heterocycles. The van der Waals surface area contributed by atoms with Gasteiger partial charge in [-0.05, 0) is 80.2 Å². The van der Waals surface area contributed by atoms with Crippen LogP contribution in [0.5, 0.6) is 0 Å². The highest BCUT2D eigenvalue weighted by molar-refractivity contribution is 5.25. The Morgan fingerprint density at radius 1 is 1.00 bits per heavy atom. The van der Waals surface area contributed by atoms with Crippen LogP contribution in [0.15, 0.2) is 12.4 Å². The van der Waals surface area contributed by atoms with E-state index in [-0.39, 0.29) is 0 Å². The zero-order valence-electron chi connectivity index (χ0n) is 12.2. The van der Waals surface area contributed by atoms with Gasteiger partial charge in [0.15, 0.2) is 0 Å². The number of hydrogen-bond acceptors (Lipinski definition) is 3. The fourth-order valence-electron chi connectivity index (χ4n) is 5.48. The van der Waals surface area contributed by atoms with Gasteiger partial charge in [-0.2, -0.15) is 0 Å². The first-order chi connectivity index (χ1) is 9.77. The average molecular weight is 271 g/mol. The molecule has 5 rings (SSSR count). The van der Waals surface area contributed by atoms with Gasteiger partial charge in [0.25, 0.3) is 0 Å². The van der Waals surface area contributed by atoms with Gasteiger partial charge in [-0.3, -0.25) is 0 Å². The van der Waals surface area contributed by atoms with Gasteiger partial charge < -0.3 is 5.73 Å². The summed E-state index contributed by atoms with van der Waals surface area (Å²) in [6, 6.07) is 0. The number of rotatable bonds is 4. The minimum atomic E-state index is 0.432. The summed E-state index contributed by atoms with van der Waals surface area (Å²) >= 11 is 0. The average Bonchev–Trinajstić information content (AvgIpc) is 2.44. The van der Waals surface area contributed by atoms with Crippen molar-refractivity contribution in [1.29, 1.82) is 0 Å². The van der Waals surface area contributed by atoms with Gasteiger partial charge in [-0.1, -0.05) is 0 Å².